The Hall–Kier alpha value is -2.39. The number of rotatable bonds is 7. The summed E-state index contributed by atoms with van der Waals surface area (Å²) >= 11 is 0. The van der Waals surface area contributed by atoms with Crippen LogP contribution < -0.4 is 10.6 Å². The van der Waals surface area contributed by atoms with E-state index < -0.39 is 0 Å². The van der Waals surface area contributed by atoms with E-state index in [-0.39, 0.29) is 24.0 Å². The van der Waals surface area contributed by atoms with Crippen LogP contribution in [0.3, 0.4) is 0 Å². The fourth-order valence-electron chi connectivity index (χ4n) is 4.42. The molecule has 2 aromatic carbocycles. The largest absolute Gasteiger partial charge is 0.354 e. The maximum absolute atomic E-state index is 4.48. The first kappa shape index (κ1) is 25.2. The number of hydrogen-bond acceptors (Lipinski definition) is 3. The molecule has 1 aliphatic rings. The van der Waals surface area contributed by atoms with Gasteiger partial charge in [0, 0.05) is 51.2 Å². The van der Waals surface area contributed by atoms with E-state index in [1.807, 2.05) is 30.2 Å². The van der Waals surface area contributed by atoms with Crippen molar-refractivity contribution in [1.82, 2.24) is 25.3 Å². The molecular formula is C26H35IN6. The normalized spacial score (nSPS) is 19.0. The molecule has 2 heterocycles. The quantitative estimate of drug-likeness (QED) is 0.259. The number of nitrogens with one attached hydrogen (secondary N) is 2. The molecule has 2 unspecified atom stereocenters. The number of guanidine groups is 1. The lowest BCUT2D eigenvalue weighted by molar-refractivity contribution is 0.134. The molecule has 4 rings (SSSR count). The third-order valence-electron chi connectivity index (χ3n) is 6.26. The van der Waals surface area contributed by atoms with Gasteiger partial charge >= 0.3 is 0 Å². The average Bonchev–Trinajstić information content (AvgIpc) is 3.33. The van der Waals surface area contributed by atoms with Gasteiger partial charge in [0.25, 0.3) is 0 Å². The lowest BCUT2D eigenvalue weighted by atomic mass is 9.97. The Kier molecular flexibility index (Phi) is 9.75. The van der Waals surface area contributed by atoms with E-state index in [2.05, 4.69) is 87.1 Å². The molecule has 1 fully saturated rings. The van der Waals surface area contributed by atoms with Crippen molar-refractivity contribution in [3.63, 3.8) is 0 Å². The van der Waals surface area contributed by atoms with E-state index >= 15 is 0 Å². The Morgan fingerprint density at radius 3 is 2.48 bits per heavy atom. The molecule has 176 valence electrons. The number of benzene rings is 2. The van der Waals surface area contributed by atoms with Gasteiger partial charge in [-0.15, -0.1) is 24.0 Å². The summed E-state index contributed by atoms with van der Waals surface area (Å²) in [5.74, 6) is 0.868. The van der Waals surface area contributed by atoms with Crippen molar-refractivity contribution in [1.29, 1.82) is 0 Å². The molecule has 2 N–H and O–H groups in total. The van der Waals surface area contributed by atoms with Crippen LogP contribution in [-0.2, 0) is 19.6 Å². The molecule has 7 heteroatoms. The van der Waals surface area contributed by atoms with Crippen molar-refractivity contribution >= 4 is 29.9 Å². The van der Waals surface area contributed by atoms with Crippen LogP contribution in [0, 0.1) is 0 Å². The highest BCUT2D eigenvalue weighted by Crippen LogP contribution is 2.20. The van der Waals surface area contributed by atoms with Gasteiger partial charge in [-0.25, -0.2) is 0 Å². The van der Waals surface area contributed by atoms with Crippen LogP contribution >= 0.6 is 24.0 Å². The number of halogens is 1. The maximum Gasteiger partial charge on any atom is 0.191 e. The molecule has 33 heavy (non-hydrogen) atoms. The molecule has 0 spiro atoms. The summed E-state index contributed by atoms with van der Waals surface area (Å²) in [6.07, 6.45) is 6.05. The van der Waals surface area contributed by atoms with E-state index in [0.29, 0.717) is 12.1 Å². The Morgan fingerprint density at radius 1 is 1.03 bits per heavy atom. The predicted octanol–water partition coefficient (Wildman–Crippen LogP) is 4.27. The van der Waals surface area contributed by atoms with E-state index in [9.17, 15) is 0 Å². The first-order valence-corrected chi connectivity index (χ1v) is 11.5. The van der Waals surface area contributed by atoms with E-state index in [0.717, 1.165) is 45.0 Å². The highest BCUT2D eigenvalue weighted by atomic mass is 127. The molecule has 0 bridgehead atoms. The predicted molar refractivity (Wildman–Crippen MR) is 146 cm³/mol. The minimum Gasteiger partial charge on any atom is -0.354 e. The molecule has 6 nitrogen and oxygen atoms in total. The number of likely N-dealkylation sites (tertiary alicyclic amines) is 1. The number of aromatic nitrogens is 2. The summed E-state index contributed by atoms with van der Waals surface area (Å²) in [5.41, 5.74) is 3.91. The van der Waals surface area contributed by atoms with Crippen LogP contribution in [0.1, 0.15) is 36.5 Å². The average molecular weight is 559 g/mol. The zero-order chi connectivity index (χ0) is 22.2. The fraction of sp³-hybridized carbons (Fsp3) is 0.385. The van der Waals surface area contributed by atoms with Crippen LogP contribution in [0.15, 0.2) is 78.0 Å². The van der Waals surface area contributed by atoms with Gasteiger partial charge in [-0.3, -0.25) is 14.6 Å². The van der Waals surface area contributed by atoms with E-state index in [4.69, 9.17) is 0 Å². The molecule has 1 saturated heterocycles. The van der Waals surface area contributed by atoms with Gasteiger partial charge < -0.3 is 10.6 Å². The highest BCUT2D eigenvalue weighted by Gasteiger charge is 2.26. The van der Waals surface area contributed by atoms with Crippen molar-refractivity contribution in [3.05, 3.63) is 89.7 Å². The molecule has 1 aliphatic heterocycles. The molecule has 3 aromatic rings. The van der Waals surface area contributed by atoms with Gasteiger partial charge in [0.15, 0.2) is 5.96 Å². The van der Waals surface area contributed by atoms with Crippen molar-refractivity contribution in [2.24, 2.45) is 4.99 Å². The van der Waals surface area contributed by atoms with E-state index in [1.165, 1.54) is 16.7 Å². The molecule has 2 atom stereocenters. The topological polar surface area (TPSA) is 57.5 Å². The summed E-state index contributed by atoms with van der Waals surface area (Å²) in [5, 5.41) is 11.5. The summed E-state index contributed by atoms with van der Waals surface area (Å²) < 4.78 is 1.95. The standard InChI is InChI=1S/C26H34N6.HI/c1-21-17-25(13-16-31(21)19-22-9-4-3-5-10-22)30-26(27-2)28-18-23-11-6-7-12-24(23)20-32-15-8-14-29-32;/h3-12,14-15,21,25H,13,16-20H2,1-2H3,(H2,27,28,30);1H. The molecule has 0 amide bonds. The summed E-state index contributed by atoms with van der Waals surface area (Å²) in [4.78, 5) is 7.06. The number of piperidine rings is 1. The smallest absolute Gasteiger partial charge is 0.191 e. The van der Waals surface area contributed by atoms with E-state index in [1.54, 1.807) is 0 Å². The Bertz CT molecular complexity index is 989. The van der Waals surface area contributed by atoms with Gasteiger partial charge in [-0.05, 0) is 42.5 Å². The van der Waals surface area contributed by atoms with Crippen molar-refractivity contribution in [2.75, 3.05) is 13.6 Å². The first-order valence-electron chi connectivity index (χ1n) is 11.5. The monoisotopic (exact) mass is 558 g/mol. The summed E-state index contributed by atoms with van der Waals surface area (Å²) in [6.45, 7) is 5.96. The Labute approximate surface area is 214 Å². The second-order valence-corrected chi connectivity index (χ2v) is 8.57. The Balaban J connectivity index is 0.00000306. The third kappa shape index (κ3) is 7.30. The molecular weight excluding hydrogens is 523 g/mol. The second-order valence-electron chi connectivity index (χ2n) is 8.57. The second kappa shape index (κ2) is 12.7. The summed E-state index contributed by atoms with van der Waals surface area (Å²) in [7, 11) is 1.85. The molecule has 0 radical (unpaired) electrons. The van der Waals surface area contributed by atoms with Crippen LogP contribution in [0.4, 0.5) is 0 Å². The van der Waals surface area contributed by atoms with Gasteiger partial charge in [0.05, 0.1) is 6.54 Å². The van der Waals surface area contributed by atoms with Gasteiger partial charge in [0.2, 0.25) is 0 Å². The SMILES string of the molecule is CN=C(NCc1ccccc1Cn1cccn1)NC1CCN(Cc2ccccc2)C(C)C1.I. The molecule has 0 saturated carbocycles. The fourth-order valence-corrected chi connectivity index (χ4v) is 4.42. The molecule has 0 aliphatic carbocycles. The Morgan fingerprint density at radius 2 is 1.79 bits per heavy atom. The van der Waals surface area contributed by atoms with Crippen molar-refractivity contribution < 1.29 is 0 Å². The number of aliphatic imine (C=N–C) groups is 1. The van der Waals surface area contributed by atoms with Crippen LogP contribution in [-0.4, -0.2) is 46.3 Å². The van der Waals surface area contributed by atoms with Crippen molar-refractivity contribution in [3.8, 4) is 0 Å². The van der Waals surface area contributed by atoms with Crippen LogP contribution in [0.2, 0.25) is 0 Å². The van der Waals surface area contributed by atoms with Gasteiger partial charge in [-0.1, -0.05) is 54.6 Å². The number of hydrogen-bond donors (Lipinski definition) is 2. The van der Waals surface area contributed by atoms with Crippen LogP contribution in [0.5, 0.6) is 0 Å². The van der Waals surface area contributed by atoms with Crippen molar-refractivity contribution in [2.45, 2.75) is 51.5 Å². The van der Waals surface area contributed by atoms with Crippen LogP contribution in [0.25, 0.3) is 0 Å². The number of nitrogens with zero attached hydrogens (tertiary/aromatic N) is 4. The minimum atomic E-state index is 0. The zero-order valence-electron chi connectivity index (χ0n) is 19.5. The lowest BCUT2D eigenvalue weighted by Gasteiger charge is -2.38. The first-order chi connectivity index (χ1) is 15.7. The highest BCUT2D eigenvalue weighted by molar-refractivity contribution is 14.0. The lowest BCUT2D eigenvalue weighted by Crippen LogP contribution is -2.51. The van der Waals surface area contributed by atoms with Gasteiger partial charge in [-0.2, -0.15) is 5.10 Å². The minimum absolute atomic E-state index is 0. The molecule has 1 aromatic heterocycles. The zero-order valence-corrected chi connectivity index (χ0v) is 21.9. The summed E-state index contributed by atoms with van der Waals surface area (Å²) in [6, 6.07) is 22.2. The third-order valence-corrected chi connectivity index (χ3v) is 6.26. The van der Waals surface area contributed by atoms with Gasteiger partial charge in [0.1, 0.15) is 0 Å². The maximum atomic E-state index is 4.48.